The highest BCUT2D eigenvalue weighted by atomic mass is 16.2. The maximum absolute atomic E-state index is 13.3. The average molecular weight is 389 g/mol. The number of carbonyl (C=O) groups excluding carboxylic acids is 3. The van der Waals surface area contributed by atoms with Crippen molar-refractivity contribution in [2.75, 3.05) is 11.4 Å². The maximum Gasteiger partial charge on any atom is 0.261 e. The lowest BCUT2D eigenvalue weighted by molar-refractivity contribution is 0.0652. The number of amides is 3. The van der Waals surface area contributed by atoms with Crippen LogP contribution in [0.25, 0.3) is 0 Å². The zero-order chi connectivity index (χ0) is 21.1. The van der Waals surface area contributed by atoms with E-state index in [2.05, 4.69) is 6.07 Å². The van der Waals surface area contributed by atoms with E-state index in [1.165, 1.54) is 11.0 Å². The van der Waals surface area contributed by atoms with Gasteiger partial charge in [0.15, 0.2) is 0 Å². The summed E-state index contributed by atoms with van der Waals surface area (Å²) in [7, 11) is 0. The molecule has 0 saturated carbocycles. The lowest BCUT2D eigenvalue weighted by Crippen LogP contribution is -2.37. The van der Waals surface area contributed by atoms with E-state index in [1.807, 2.05) is 20.8 Å². The molecule has 3 amide bonds. The second kappa shape index (κ2) is 8.27. The Hall–Kier alpha value is -3.46. The molecule has 29 heavy (non-hydrogen) atoms. The molecule has 3 rings (SSSR count). The Balaban J connectivity index is 1.96. The number of nitrogens with zero attached hydrogens (tertiary/aromatic N) is 3. The number of rotatable bonds is 6. The van der Waals surface area contributed by atoms with Crippen LogP contribution >= 0.6 is 0 Å². The zero-order valence-electron chi connectivity index (χ0n) is 16.8. The van der Waals surface area contributed by atoms with Crippen LogP contribution in [-0.2, 0) is 0 Å². The molecule has 0 aromatic heterocycles. The number of hydrogen-bond acceptors (Lipinski definition) is 4. The van der Waals surface area contributed by atoms with Gasteiger partial charge in [0.05, 0.1) is 22.8 Å². The van der Waals surface area contributed by atoms with E-state index < -0.39 is 0 Å². The van der Waals surface area contributed by atoms with Gasteiger partial charge in [-0.3, -0.25) is 19.3 Å². The fourth-order valence-electron chi connectivity index (χ4n) is 3.46. The van der Waals surface area contributed by atoms with E-state index in [4.69, 9.17) is 5.26 Å². The average Bonchev–Trinajstić information content (AvgIpc) is 2.96. The van der Waals surface area contributed by atoms with E-state index in [9.17, 15) is 14.4 Å². The summed E-state index contributed by atoms with van der Waals surface area (Å²) in [6.45, 7) is 6.14. The lowest BCUT2D eigenvalue weighted by Gasteiger charge is -2.27. The molecule has 0 N–H and O–H groups in total. The largest absolute Gasteiger partial charge is 0.306 e. The molecule has 1 aliphatic rings. The fourth-order valence-corrected chi connectivity index (χ4v) is 3.46. The van der Waals surface area contributed by atoms with Crippen LogP contribution in [-0.4, -0.2) is 35.2 Å². The third-order valence-electron chi connectivity index (χ3n) is 4.94. The van der Waals surface area contributed by atoms with Gasteiger partial charge in [0.1, 0.15) is 0 Å². The van der Waals surface area contributed by atoms with Crippen LogP contribution in [0.1, 0.15) is 70.3 Å². The Kier molecular flexibility index (Phi) is 5.79. The first kappa shape index (κ1) is 20.3. The summed E-state index contributed by atoms with van der Waals surface area (Å²) >= 11 is 0. The minimum atomic E-state index is -0.351. The number of fused-ring (bicyclic) bond motifs is 1. The van der Waals surface area contributed by atoms with Gasteiger partial charge in [-0.2, -0.15) is 5.26 Å². The van der Waals surface area contributed by atoms with Gasteiger partial charge >= 0.3 is 0 Å². The first-order valence-electron chi connectivity index (χ1n) is 9.73. The Bertz CT molecular complexity index is 1020. The standard InChI is InChI=1S/C23H23N3O3/c1-4-5-11-25-22(28)19-10-9-17(13-20(19)23(25)29)21(27)26(15(2)3)18-8-6-7-16(12-18)14-24/h6-10,12-13,15H,4-5,11H2,1-3H3. The van der Waals surface area contributed by atoms with Crippen LogP contribution in [0.2, 0.25) is 0 Å². The van der Waals surface area contributed by atoms with Crippen LogP contribution in [0.3, 0.4) is 0 Å². The number of benzene rings is 2. The highest BCUT2D eigenvalue weighted by Gasteiger charge is 2.36. The van der Waals surface area contributed by atoms with E-state index in [0.29, 0.717) is 28.9 Å². The molecule has 2 aromatic rings. The molecule has 6 nitrogen and oxygen atoms in total. The first-order valence-corrected chi connectivity index (χ1v) is 9.73. The molecule has 1 heterocycles. The SMILES string of the molecule is CCCCN1C(=O)c2ccc(C(=O)N(c3cccc(C#N)c3)C(C)C)cc2C1=O. The predicted molar refractivity (Wildman–Crippen MR) is 110 cm³/mol. The van der Waals surface area contributed by atoms with Crippen molar-refractivity contribution in [1.82, 2.24) is 4.90 Å². The van der Waals surface area contributed by atoms with Crippen molar-refractivity contribution in [3.63, 3.8) is 0 Å². The summed E-state index contributed by atoms with van der Waals surface area (Å²) in [6, 6.07) is 13.4. The Labute approximate surface area is 170 Å². The van der Waals surface area contributed by atoms with Gasteiger partial charge in [-0.15, -0.1) is 0 Å². The molecule has 6 heteroatoms. The zero-order valence-corrected chi connectivity index (χ0v) is 16.8. The number of nitriles is 1. The Morgan fingerprint density at radius 3 is 2.48 bits per heavy atom. The third kappa shape index (κ3) is 3.77. The normalized spacial score (nSPS) is 12.9. The topological polar surface area (TPSA) is 81.5 Å². The quantitative estimate of drug-likeness (QED) is 0.699. The number of imide groups is 1. The van der Waals surface area contributed by atoms with Gasteiger partial charge < -0.3 is 4.90 Å². The lowest BCUT2D eigenvalue weighted by atomic mass is 10.0. The highest BCUT2D eigenvalue weighted by Crippen LogP contribution is 2.27. The molecular weight excluding hydrogens is 366 g/mol. The molecule has 0 spiro atoms. The number of anilines is 1. The molecule has 0 fully saturated rings. The molecule has 1 aliphatic heterocycles. The summed E-state index contributed by atoms with van der Waals surface area (Å²) in [5.74, 6) is -0.944. The first-order chi connectivity index (χ1) is 13.9. The van der Waals surface area contributed by atoms with E-state index in [1.54, 1.807) is 41.3 Å². The number of unbranched alkanes of at least 4 members (excludes halogenated alkanes) is 1. The molecule has 0 aliphatic carbocycles. The van der Waals surface area contributed by atoms with Crippen LogP contribution in [0, 0.1) is 11.3 Å². The van der Waals surface area contributed by atoms with E-state index >= 15 is 0 Å². The van der Waals surface area contributed by atoms with Crippen molar-refractivity contribution >= 4 is 23.4 Å². The summed E-state index contributed by atoms with van der Waals surface area (Å²) in [4.78, 5) is 41.3. The Morgan fingerprint density at radius 1 is 1.10 bits per heavy atom. The number of hydrogen-bond donors (Lipinski definition) is 0. The van der Waals surface area contributed by atoms with Crippen molar-refractivity contribution in [3.8, 4) is 6.07 Å². The van der Waals surface area contributed by atoms with Gasteiger partial charge in [-0.25, -0.2) is 0 Å². The predicted octanol–water partition coefficient (Wildman–Crippen LogP) is 4.01. The highest BCUT2D eigenvalue weighted by molar-refractivity contribution is 6.22. The van der Waals surface area contributed by atoms with Gasteiger partial charge in [0.2, 0.25) is 0 Å². The molecule has 0 bridgehead atoms. The van der Waals surface area contributed by atoms with Gasteiger partial charge in [0, 0.05) is 23.8 Å². The molecule has 0 atom stereocenters. The van der Waals surface area contributed by atoms with Crippen LogP contribution in [0.15, 0.2) is 42.5 Å². The molecule has 148 valence electrons. The number of carbonyl (C=O) groups is 3. The van der Waals surface area contributed by atoms with Crippen molar-refractivity contribution in [2.45, 2.75) is 39.7 Å². The third-order valence-corrected chi connectivity index (χ3v) is 4.94. The van der Waals surface area contributed by atoms with Crippen LogP contribution < -0.4 is 4.90 Å². The summed E-state index contributed by atoms with van der Waals surface area (Å²) < 4.78 is 0. The van der Waals surface area contributed by atoms with Gasteiger partial charge in [-0.05, 0) is 56.7 Å². The molecule has 2 aromatic carbocycles. The summed E-state index contributed by atoms with van der Waals surface area (Å²) in [5.41, 5.74) is 2.01. The molecule has 0 saturated heterocycles. The Morgan fingerprint density at radius 2 is 1.83 bits per heavy atom. The van der Waals surface area contributed by atoms with Gasteiger partial charge in [-0.1, -0.05) is 19.4 Å². The van der Waals surface area contributed by atoms with E-state index in [-0.39, 0.29) is 29.3 Å². The molecular formula is C23H23N3O3. The minimum Gasteiger partial charge on any atom is -0.306 e. The maximum atomic E-state index is 13.3. The smallest absolute Gasteiger partial charge is 0.261 e. The van der Waals surface area contributed by atoms with Crippen LogP contribution in [0.4, 0.5) is 5.69 Å². The monoisotopic (exact) mass is 389 g/mol. The van der Waals surface area contributed by atoms with Crippen LogP contribution in [0.5, 0.6) is 0 Å². The second-order valence-corrected chi connectivity index (χ2v) is 7.31. The van der Waals surface area contributed by atoms with Gasteiger partial charge in [0.25, 0.3) is 17.7 Å². The summed E-state index contributed by atoms with van der Waals surface area (Å²) in [6.07, 6.45) is 1.62. The van der Waals surface area contributed by atoms with Crippen molar-refractivity contribution in [2.24, 2.45) is 0 Å². The minimum absolute atomic E-state index is 0.164. The fraction of sp³-hybridized carbons (Fsp3) is 0.304. The molecule has 0 unspecified atom stereocenters. The van der Waals surface area contributed by atoms with Crippen molar-refractivity contribution in [3.05, 3.63) is 64.7 Å². The molecule has 0 radical (unpaired) electrons. The van der Waals surface area contributed by atoms with E-state index in [0.717, 1.165) is 12.8 Å². The van der Waals surface area contributed by atoms with Crippen molar-refractivity contribution in [1.29, 1.82) is 5.26 Å². The second-order valence-electron chi connectivity index (χ2n) is 7.31. The van der Waals surface area contributed by atoms with Crippen molar-refractivity contribution < 1.29 is 14.4 Å². The summed E-state index contributed by atoms with van der Waals surface area (Å²) in [5, 5.41) is 9.16.